The Labute approximate surface area is 76.7 Å². The Kier molecular flexibility index (Phi) is 1.72. The van der Waals surface area contributed by atoms with Gasteiger partial charge in [0.25, 0.3) is 0 Å². The molecule has 1 aromatic carbocycles. The fraction of sp³-hybridized carbons (Fsp3) is 0.300. The first-order valence-corrected chi connectivity index (χ1v) is 4.22. The molecule has 0 aliphatic carbocycles. The summed E-state index contributed by atoms with van der Waals surface area (Å²) < 4.78 is 5.16. The van der Waals surface area contributed by atoms with Gasteiger partial charge in [-0.15, -0.1) is 5.10 Å². The van der Waals surface area contributed by atoms with Gasteiger partial charge in [0.05, 0.1) is 18.0 Å². The quantitative estimate of drug-likeness (QED) is 0.723. The Morgan fingerprint density at radius 2 is 2.08 bits per heavy atom. The van der Waals surface area contributed by atoms with Crippen LogP contribution in [0.15, 0.2) is 12.1 Å². The van der Waals surface area contributed by atoms with E-state index in [2.05, 4.69) is 30.1 Å². The van der Waals surface area contributed by atoms with Crippen molar-refractivity contribution in [3.8, 4) is 5.88 Å². The van der Waals surface area contributed by atoms with Crippen LogP contribution in [0, 0.1) is 13.8 Å². The van der Waals surface area contributed by atoms with Crippen LogP contribution in [0.4, 0.5) is 0 Å². The van der Waals surface area contributed by atoms with Crippen LogP contribution >= 0.6 is 0 Å². The smallest absolute Gasteiger partial charge is 0.240 e. The minimum absolute atomic E-state index is 0.677. The van der Waals surface area contributed by atoms with Crippen molar-refractivity contribution in [2.75, 3.05) is 7.11 Å². The van der Waals surface area contributed by atoms with Gasteiger partial charge < -0.3 is 4.74 Å². The zero-order chi connectivity index (χ0) is 9.42. The van der Waals surface area contributed by atoms with Crippen LogP contribution in [0.5, 0.6) is 5.88 Å². The number of nitrogens with one attached hydrogen (secondary N) is 1. The van der Waals surface area contributed by atoms with Gasteiger partial charge >= 0.3 is 0 Å². The average molecular weight is 176 g/mol. The number of fused-ring (bicyclic) bond motifs is 1. The molecule has 0 saturated carbocycles. The van der Waals surface area contributed by atoms with E-state index in [-0.39, 0.29) is 0 Å². The summed E-state index contributed by atoms with van der Waals surface area (Å²) in [6.07, 6.45) is 0. The normalized spacial score (nSPS) is 10.7. The summed E-state index contributed by atoms with van der Waals surface area (Å²) in [6.45, 7) is 4.16. The first kappa shape index (κ1) is 8.10. The maximum absolute atomic E-state index is 5.16. The molecular formula is C10H12N2O. The van der Waals surface area contributed by atoms with Crippen LogP contribution in [0.25, 0.3) is 10.9 Å². The Morgan fingerprint density at radius 3 is 2.77 bits per heavy atom. The van der Waals surface area contributed by atoms with Crippen molar-refractivity contribution in [3.63, 3.8) is 0 Å². The van der Waals surface area contributed by atoms with Gasteiger partial charge in [0.15, 0.2) is 0 Å². The van der Waals surface area contributed by atoms with Gasteiger partial charge in [0.2, 0.25) is 5.88 Å². The van der Waals surface area contributed by atoms with Crippen molar-refractivity contribution in [1.29, 1.82) is 0 Å². The number of aromatic nitrogens is 2. The van der Waals surface area contributed by atoms with Gasteiger partial charge in [-0.05, 0) is 31.0 Å². The summed E-state index contributed by atoms with van der Waals surface area (Å²) in [6, 6.07) is 4.10. The van der Waals surface area contributed by atoms with Crippen molar-refractivity contribution >= 4 is 10.9 Å². The highest BCUT2D eigenvalue weighted by molar-refractivity contribution is 5.88. The van der Waals surface area contributed by atoms with Gasteiger partial charge in [0, 0.05) is 0 Å². The third-order valence-corrected chi connectivity index (χ3v) is 2.42. The Bertz CT molecular complexity index is 445. The zero-order valence-electron chi connectivity index (χ0n) is 8.01. The summed E-state index contributed by atoms with van der Waals surface area (Å²) in [7, 11) is 1.64. The molecule has 0 spiro atoms. The predicted molar refractivity (Wildman–Crippen MR) is 52.1 cm³/mol. The predicted octanol–water partition coefficient (Wildman–Crippen LogP) is 2.19. The maximum Gasteiger partial charge on any atom is 0.240 e. The lowest BCUT2D eigenvalue weighted by molar-refractivity contribution is 0.401. The highest BCUT2D eigenvalue weighted by atomic mass is 16.5. The Balaban J connectivity index is 2.85. The average Bonchev–Trinajstić information content (AvgIpc) is 2.55. The molecular weight excluding hydrogens is 164 g/mol. The molecule has 0 saturated heterocycles. The van der Waals surface area contributed by atoms with E-state index >= 15 is 0 Å². The number of ether oxygens (including phenoxy) is 1. The fourth-order valence-electron chi connectivity index (χ4n) is 1.50. The molecule has 0 atom stereocenters. The minimum atomic E-state index is 0.677. The lowest BCUT2D eigenvalue weighted by atomic mass is 10.1. The van der Waals surface area contributed by atoms with E-state index in [1.807, 2.05) is 6.07 Å². The van der Waals surface area contributed by atoms with E-state index in [9.17, 15) is 0 Å². The zero-order valence-corrected chi connectivity index (χ0v) is 8.01. The number of hydrogen-bond acceptors (Lipinski definition) is 2. The number of hydrogen-bond donors (Lipinski definition) is 1. The van der Waals surface area contributed by atoms with E-state index in [0.717, 1.165) is 10.9 Å². The number of benzene rings is 1. The molecule has 0 aliphatic rings. The summed E-state index contributed by atoms with van der Waals surface area (Å²) in [5.74, 6) is 0.677. The molecule has 0 bridgehead atoms. The lowest BCUT2D eigenvalue weighted by Crippen LogP contribution is -1.86. The van der Waals surface area contributed by atoms with Gasteiger partial charge in [-0.25, -0.2) is 0 Å². The van der Waals surface area contributed by atoms with Crippen LogP contribution in [0.3, 0.4) is 0 Å². The molecule has 0 amide bonds. The van der Waals surface area contributed by atoms with Crippen LogP contribution < -0.4 is 4.74 Å². The number of aromatic amines is 1. The molecule has 3 nitrogen and oxygen atoms in total. The largest absolute Gasteiger partial charge is 0.479 e. The van der Waals surface area contributed by atoms with Crippen molar-refractivity contribution in [1.82, 2.24) is 10.2 Å². The van der Waals surface area contributed by atoms with E-state index < -0.39 is 0 Å². The van der Waals surface area contributed by atoms with Gasteiger partial charge in [0.1, 0.15) is 0 Å². The maximum atomic E-state index is 5.16. The van der Waals surface area contributed by atoms with Crippen molar-refractivity contribution in [3.05, 3.63) is 23.3 Å². The molecule has 3 heteroatoms. The lowest BCUT2D eigenvalue weighted by Gasteiger charge is -2.01. The monoisotopic (exact) mass is 176 g/mol. The van der Waals surface area contributed by atoms with Crippen LogP contribution in [0.1, 0.15) is 11.1 Å². The van der Waals surface area contributed by atoms with E-state index in [4.69, 9.17) is 4.74 Å². The Hall–Kier alpha value is -1.51. The molecule has 13 heavy (non-hydrogen) atoms. The molecule has 0 radical (unpaired) electrons. The summed E-state index contributed by atoms with van der Waals surface area (Å²) in [5.41, 5.74) is 3.51. The molecule has 1 N–H and O–H groups in total. The molecule has 68 valence electrons. The molecule has 1 heterocycles. The standard InChI is InChI=1S/C10H12N2O/c1-6-4-5-8-9(7(6)2)10(13-3)12-11-8/h4-5H,1-3H3,(H,11,12). The summed E-state index contributed by atoms with van der Waals surface area (Å²) >= 11 is 0. The van der Waals surface area contributed by atoms with Crippen LogP contribution in [0.2, 0.25) is 0 Å². The van der Waals surface area contributed by atoms with Gasteiger partial charge in [-0.1, -0.05) is 6.07 Å². The number of methoxy groups -OCH3 is 1. The highest BCUT2D eigenvalue weighted by Crippen LogP contribution is 2.27. The van der Waals surface area contributed by atoms with E-state index in [1.54, 1.807) is 7.11 Å². The number of nitrogens with zero attached hydrogens (tertiary/aromatic N) is 1. The van der Waals surface area contributed by atoms with Crippen molar-refractivity contribution in [2.45, 2.75) is 13.8 Å². The highest BCUT2D eigenvalue weighted by Gasteiger charge is 2.08. The van der Waals surface area contributed by atoms with Crippen molar-refractivity contribution in [2.24, 2.45) is 0 Å². The second kappa shape index (κ2) is 2.76. The topological polar surface area (TPSA) is 37.9 Å². The third kappa shape index (κ3) is 1.08. The number of rotatable bonds is 1. The second-order valence-electron chi connectivity index (χ2n) is 3.16. The Morgan fingerprint density at radius 1 is 1.31 bits per heavy atom. The molecule has 2 aromatic rings. The van der Waals surface area contributed by atoms with Crippen LogP contribution in [-0.4, -0.2) is 17.3 Å². The fourth-order valence-corrected chi connectivity index (χ4v) is 1.50. The van der Waals surface area contributed by atoms with Crippen LogP contribution in [-0.2, 0) is 0 Å². The molecule has 0 aliphatic heterocycles. The second-order valence-corrected chi connectivity index (χ2v) is 3.16. The summed E-state index contributed by atoms with van der Waals surface area (Å²) in [4.78, 5) is 0. The van der Waals surface area contributed by atoms with Gasteiger partial charge in [-0.2, -0.15) is 0 Å². The summed E-state index contributed by atoms with van der Waals surface area (Å²) in [5, 5.41) is 8.09. The number of H-pyrrole nitrogens is 1. The van der Waals surface area contributed by atoms with Gasteiger partial charge in [-0.3, -0.25) is 5.10 Å². The molecule has 0 unspecified atom stereocenters. The SMILES string of the molecule is COc1n[nH]c2ccc(C)c(C)c12. The minimum Gasteiger partial charge on any atom is -0.479 e. The third-order valence-electron chi connectivity index (χ3n) is 2.42. The first-order valence-electron chi connectivity index (χ1n) is 4.22. The molecule has 0 fully saturated rings. The first-order chi connectivity index (χ1) is 6.24. The van der Waals surface area contributed by atoms with E-state index in [0.29, 0.717) is 5.88 Å². The molecule has 1 aromatic heterocycles. The van der Waals surface area contributed by atoms with E-state index in [1.165, 1.54) is 11.1 Å². The van der Waals surface area contributed by atoms with Crippen molar-refractivity contribution < 1.29 is 4.74 Å². The molecule has 2 rings (SSSR count). The number of aryl methyl sites for hydroxylation is 2.